The van der Waals surface area contributed by atoms with Crippen molar-refractivity contribution in [3.8, 4) is 0 Å². The predicted molar refractivity (Wildman–Crippen MR) is 107 cm³/mol. The number of anilines is 1. The van der Waals surface area contributed by atoms with Crippen molar-refractivity contribution < 1.29 is 14.0 Å². The van der Waals surface area contributed by atoms with Crippen molar-refractivity contribution >= 4 is 28.1 Å². The fraction of sp³-hybridized carbons (Fsp3) is 0.190. The number of rotatable bonds is 5. The molecule has 1 aliphatic heterocycles. The van der Waals surface area contributed by atoms with Crippen LogP contribution in [0.3, 0.4) is 0 Å². The van der Waals surface area contributed by atoms with Gasteiger partial charge in [0.2, 0.25) is 0 Å². The summed E-state index contributed by atoms with van der Waals surface area (Å²) in [6, 6.07) is 16.3. The van der Waals surface area contributed by atoms with Crippen molar-refractivity contribution in [1.29, 1.82) is 0 Å². The molecule has 0 aliphatic carbocycles. The normalized spacial score (nSPS) is 15.8. The molecule has 0 spiro atoms. The smallest absolute Gasteiger partial charge is 0.275 e. The number of hydrogen-bond donors (Lipinski definition) is 1. The number of nitrogens with one attached hydrogen (secondary N) is 1. The highest BCUT2D eigenvalue weighted by Gasteiger charge is 2.28. The Morgan fingerprint density at radius 1 is 1.21 bits per heavy atom. The van der Waals surface area contributed by atoms with E-state index in [1.807, 2.05) is 37.3 Å². The third-order valence-electron chi connectivity index (χ3n) is 4.52. The molecule has 0 bridgehead atoms. The van der Waals surface area contributed by atoms with Gasteiger partial charge in [0.15, 0.2) is 11.2 Å². The first-order chi connectivity index (χ1) is 13.6. The quantitative estimate of drug-likeness (QED) is 0.685. The molecular weight excluding hydrogens is 377 g/mol. The summed E-state index contributed by atoms with van der Waals surface area (Å²) in [6.45, 7) is 1.85. The van der Waals surface area contributed by atoms with Gasteiger partial charge in [0.1, 0.15) is 11.5 Å². The van der Waals surface area contributed by atoms with Crippen LogP contribution in [0.15, 0.2) is 59.8 Å². The molecule has 28 heavy (non-hydrogen) atoms. The summed E-state index contributed by atoms with van der Waals surface area (Å²) >= 11 is 1.34. The summed E-state index contributed by atoms with van der Waals surface area (Å²) in [7, 11) is 0. The Morgan fingerprint density at radius 2 is 1.96 bits per heavy atom. The average Bonchev–Trinajstić information content (AvgIpc) is 3.32. The number of benzene rings is 2. The lowest BCUT2D eigenvalue weighted by Gasteiger charge is -2.07. The fourth-order valence-corrected chi connectivity index (χ4v) is 3.97. The molecule has 1 N–H and O–H groups in total. The van der Waals surface area contributed by atoms with Crippen molar-refractivity contribution in [3.63, 3.8) is 0 Å². The number of oxime groups is 1. The first kappa shape index (κ1) is 18.3. The molecule has 3 aromatic rings. The molecule has 1 aliphatic rings. The van der Waals surface area contributed by atoms with Gasteiger partial charge in [-0.25, -0.2) is 9.37 Å². The fourth-order valence-electron chi connectivity index (χ4n) is 2.99. The largest absolute Gasteiger partial charge is 0.387 e. The van der Waals surface area contributed by atoms with Gasteiger partial charge in [-0.2, -0.15) is 0 Å². The summed E-state index contributed by atoms with van der Waals surface area (Å²) in [5.74, 6) is -0.574. The maximum Gasteiger partial charge on any atom is 0.275 e. The van der Waals surface area contributed by atoms with Crippen LogP contribution < -0.4 is 5.32 Å². The number of thiazole rings is 1. The van der Waals surface area contributed by atoms with E-state index < -0.39 is 0 Å². The third-order valence-corrected chi connectivity index (χ3v) is 5.60. The second kappa shape index (κ2) is 7.90. The maximum absolute atomic E-state index is 13.9. The lowest BCUT2D eigenvalue weighted by molar-refractivity contribution is -0.110. The van der Waals surface area contributed by atoms with Gasteiger partial charge in [0, 0.05) is 17.7 Å². The number of aromatic nitrogens is 1. The maximum atomic E-state index is 13.9. The molecule has 2 aromatic carbocycles. The number of amides is 1. The van der Waals surface area contributed by atoms with Crippen molar-refractivity contribution in [3.05, 3.63) is 82.1 Å². The Bertz CT molecular complexity index is 1030. The van der Waals surface area contributed by atoms with E-state index in [2.05, 4.69) is 15.5 Å². The van der Waals surface area contributed by atoms with E-state index in [1.165, 1.54) is 17.4 Å². The van der Waals surface area contributed by atoms with E-state index in [1.54, 1.807) is 18.2 Å². The second-order valence-corrected chi connectivity index (χ2v) is 7.58. The molecule has 1 atom stereocenters. The van der Waals surface area contributed by atoms with Gasteiger partial charge < -0.3 is 4.84 Å². The summed E-state index contributed by atoms with van der Waals surface area (Å²) in [5.41, 5.74) is 2.69. The van der Waals surface area contributed by atoms with Crippen molar-refractivity contribution in [2.45, 2.75) is 25.9 Å². The molecule has 0 fully saturated rings. The zero-order valence-corrected chi connectivity index (χ0v) is 16.0. The Hall–Kier alpha value is -3.06. The molecule has 4 rings (SSSR count). The standard InChI is InChI=1S/C21H18FN3O2S/c1-13-19(11-15-9-5-6-10-16(15)22)28-21(23-13)24-20(26)17-12-18(27-25-17)14-7-3-2-4-8-14/h2-10,18H,11-12H2,1H3,(H,23,24,26)/t18-/m1/s1. The van der Waals surface area contributed by atoms with Gasteiger partial charge in [-0.1, -0.05) is 53.7 Å². The highest BCUT2D eigenvalue weighted by atomic mass is 32.1. The van der Waals surface area contributed by atoms with Crippen molar-refractivity contribution in [1.82, 2.24) is 4.98 Å². The Balaban J connectivity index is 1.41. The minimum absolute atomic E-state index is 0.245. The third kappa shape index (κ3) is 3.94. The molecule has 0 saturated carbocycles. The zero-order chi connectivity index (χ0) is 19.5. The van der Waals surface area contributed by atoms with Crippen LogP contribution in [0.1, 0.15) is 34.2 Å². The first-order valence-corrected chi connectivity index (χ1v) is 9.70. The van der Waals surface area contributed by atoms with Crippen LogP contribution in [-0.2, 0) is 16.1 Å². The van der Waals surface area contributed by atoms with Gasteiger partial charge in [-0.3, -0.25) is 10.1 Å². The SMILES string of the molecule is Cc1nc(NC(=O)C2=NO[C@@H](c3ccccc3)C2)sc1Cc1ccccc1F. The molecule has 7 heteroatoms. The van der Waals surface area contributed by atoms with E-state index in [0.717, 1.165) is 16.1 Å². The minimum Gasteiger partial charge on any atom is -0.387 e. The van der Waals surface area contributed by atoms with Crippen LogP contribution in [0.25, 0.3) is 0 Å². The molecule has 0 saturated heterocycles. The van der Waals surface area contributed by atoms with E-state index in [0.29, 0.717) is 29.2 Å². The lowest BCUT2D eigenvalue weighted by atomic mass is 10.0. The van der Waals surface area contributed by atoms with Gasteiger partial charge in [0.25, 0.3) is 5.91 Å². The number of halogens is 1. The van der Waals surface area contributed by atoms with Gasteiger partial charge in [-0.15, -0.1) is 11.3 Å². The van der Waals surface area contributed by atoms with E-state index in [4.69, 9.17) is 4.84 Å². The van der Waals surface area contributed by atoms with Crippen LogP contribution in [0.4, 0.5) is 9.52 Å². The molecular formula is C21H18FN3O2S. The Morgan fingerprint density at radius 3 is 2.75 bits per heavy atom. The van der Waals surface area contributed by atoms with E-state index in [-0.39, 0.29) is 17.8 Å². The number of carbonyl (C=O) groups excluding carboxylic acids is 1. The molecule has 1 aromatic heterocycles. The van der Waals surface area contributed by atoms with E-state index >= 15 is 0 Å². The molecule has 5 nitrogen and oxygen atoms in total. The van der Waals surface area contributed by atoms with Crippen LogP contribution in [0.2, 0.25) is 0 Å². The zero-order valence-electron chi connectivity index (χ0n) is 15.2. The molecule has 2 heterocycles. The molecule has 142 valence electrons. The topological polar surface area (TPSA) is 63.6 Å². The monoisotopic (exact) mass is 395 g/mol. The van der Waals surface area contributed by atoms with Gasteiger partial charge in [0.05, 0.1) is 5.69 Å². The summed E-state index contributed by atoms with van der Waals surface area (Å²) in [6.07, 6.45) is 0.589. The minimum atomic E-state index is -0.329. The van der Waals surface area contributed by atoms with Crippen LogP contribution in [-0.4, -0.2) is 16.6 Å². The van der Waals surface area contributed by atoms with Crippen LogP contribution in [0, 0.1) is 12.7 Å². The molecule has 0 radical (unpaired) electrons. The van der Waals surface area contributed by atoms with Crippen molar-refractivity contribution in [2.75, 3.05) is 5.32 Å². The number of nitrogens with zero attached hydrogens (tertiary/aromatic N) is 2. The summed E-state index contributed by atoms with van der Waals surface area (Å²) in [4.78, 5) is 23.2. The number of aryl methyl sites for hydroxylation is 1. The Labute approximate surface area is 165 Å². The van der Waals surface area contributed by atoms with Gasteiger partial charge >= 0.3 is 0 Å². The average molecular weight is 395 g/mol. The number of hydrogen-bond acceptors (Lipinski definition) is 5. The highest BCUT2D eigenvalue weighted by molar-refractivity contribution is 7.16. The summed E-state index contributed by atoms with van der Waals surface area (Å²) < 4.78 is 13.9. The Kier molecular flexibility index (Phi) is 5.16. The predicted octanol–water partition coefficient (Wildman–Crippen LogP) is 4.64. The summed E-state index contributed by atoms with van der Waals surface area (Å²) in [5, 5.41) is 7.18. The molecule has 1 amide bonds. The second-order valence-electron chi connectivity index (χ2n) is 6.50. The van der Waals surface area contributed by atoms with Crippen LogP contribution >= 0.6 is 11.3 Å². The van der Waals surface area contributed by atoms with Gasteiger partial charge in [-0.05, 0) is 24.1 Å². The highest BCUT2D eigenvalue weighted by Crippen LogP contribution is 2.29. The van der Waals surface area contributed by atoms with E-state index in [9.17, 15) is 9.18 Å². The van der Waals surface area contributed by atoms with Crippen molar-refractivity contribution in [2.24, 2.45) is 5.16 Å². The van der Waals surface area contributed by atoms with Crippen LogP contribution in [0.5, 0.6) is 0 Å². The lowest BCUT2D eigenvalue weighted by Crippen LogP contribution is -2.21. The molecule has 0 unspecified atom stereocenters. The first-order valence-electron chi connectivity index (χ1n) is 8.89. The number of carbonyl (C=O) groups is 1.